The van der Waals surface area contributed by atoms with E-state index in [1.165, 1.54) is 0 Å². The Hall–Kier alpha value is -0.275. The van der Waals surface area contributed by atoms with E-state index in [0.29, 0.717) is 0 Å². The molecule has 0 aromatic heterocycles. The largest absolute Gasteiger partial charge is 0.461 e. The van der Waals surface area contributed by atoms with Crippen molar-refractivity contribution in [2.75, 3.05) is 13.2 Å². The van der Waals surface area contributed by atoms with E-state index >= 15 is 0 Å². The molecule has 3 heteroatoms. The van der Waals surface area contributed by atoms with Crippen LogP contribution in [-0.2, 0) is 9.31 Å². The average Bonchev–Trinajstić information content (AvgIpc) is 1.93. The van der Waals surface area contributed by atoms with Gasteiger partial charge in [-0.05, 0) is 6.92 Å². The molecule has 0 amide bonds. The Morgan fingerprint density at radius 1 is 1.42 bits per heavy atom. The van der Waals surface area contributed by atoms with E-state index in [-0.39, 0.29) is 12.5 Å². The second kappa shape index (κ2) is 3.63. The minimum Gasteiger partial charge on any atom is -0.410 e. The predicted octanol–water partition coefficient (Wildman–Crippen LogP) is 2.12. The molecule has 1 fully saturated rings. The lowest BCUT2D eigenvalue weighted by Crippen LogP contribution is -2.40. The summed E-state index contributed by atoms with van der Waals surface area (Å²) in [5, 5.41) is 0. The summed E-state index contributed by atoms with van der Waals surface area (Å²) < 4.78 is 11.0. The topological polar surface area (TPSA) is 18.5 Å². The molecule has 1 rings (SSSR count). The molecule has 0 aliphatic carbocycles. The monoisotopic (exact) mass is 168 g/mol. The summed E-state index contributed by atoms with van der Waals surface area (Å²) >= 11 is 0. The average molecular weight is 168 g/mol. The minimum atomic E-state index is -0.0597. The fraction of sp³-hybridized carbons (Fsp3) is 0.778. The van der Waals surface area contributed by atoms with Gasteiger partial charge in [0.2, 0.25) is 0 Å². The van der Waals surface area contributed by atoms with E-state index in [1.54, 1.807) is 0 Å². The van der Waals surface area contributed by atoms with Gasteiger partial charge >= 0.3 is 7.12 Å². The van der Waals surface area contributed by atoms with Gasteiger partial charge in [0.05, 0.1) is 0 Å². The smallest absolute Gasteiger partial charge is 0.410 e. The summed E-state index contributed by atoms with van der Waals surface area (Å²) in [6.45, 7) is 11.7. The Morgan fingerprint density at radius 2 is 1.92 bits per heavy atom. The normalized spacial score (nSPS) is 22.4. The van der Waals surface area contributed by atoms with Crippen LogP contribution in [-0.4, -0.2) is 20.3 Å². The molecule has 2 nitrogen and oxygen atoms in total. The summed E-state index contributed by atoms with van der Waals surface area (Å²) in [6, 6.07) is 0. The lowest BCUT2D eigenvalue weighted by molar-refractivity contribution is 0.0291. The van der Waals surface area contributed by atoms with Crippen LogP contribution in [0.4, 0.5) is 0 Å². The van der Waals surface area contributed by atoms with Gasteiger partial charge in [-0.1, -0.05) is 19.4 Å². The number of rotatable bonds is 2. The van der Waals surface area contributed by atoms with Gasteiger partial charge in [0.15, 0.2) is 0 Å². The second-order valence-electron chi connectivity index (χ2n) is 4.38. The number of hydrogen-bond donors (Lipinski definition) is 0. The van der Waals surface area contributed by atoms with Gasteiger partial charge in [0, 0.05) is 24.9 Å². The molecule has 1 heterocycles. The highest BCUT2D eigenvalue weighted by Crippen LogP contribution is 2.23. The third kappa shape index (κ3) is 2.99. The van der Waals surface area contributed by atoms with Crippen LogP contribution in [0.5, 0.6) is 0 Å². The SMILES string of the molecule is C=C(C)CB1OCC(C)(C)CO1. The molecule has 0 spiro atoms. The van der Waals surface area contributed by atoms with Gasteiger partial charge in [0.25, 0.3) is 0 Å². The van der Waals surface area contributed by atoms with E-state index in [9.17, 15) is 0 Å². The van der Waals surface area contributed by atoms with Crippen molar-refractivity contribution in [2.24, 2.45) is 5.41 Å². The van der Waals surface area contributed by atoms with Crippen LogP contribution in [0.15, 0.2) is 12.2 Å². The zero-order valence-electron chi connectivity index (χ0n) is 8.22. The van der Waals surface area contributed by atoms with Crippen molar-refractivity contribution in [2.45, 2.75) is 27.1 Å². The Kier molecular flexibility index (Phi) is 2.96. The summed E-state index contributed by atoms with van der Waals surface area (Å²) in [5.41, 5.74) is 1.28. The zero-order valence-corrected chi connectivity index (χ0v) is 8.22. The van der Waals surface area contributed by atoms with E-state index in [2.05, 4.69) is 20.4 Å². The molecule has 68 valence electrons. The molecular weight excluding hydrogens is 151 g/mol. The maximum atomic E-state index is 5.52. The first kappa shape index (κ1) is 9.81. The Balaban J connectivity index is 2.31. The summed E-state index contributed by atoms with van der Waals surface area (Å²) in [7, 11) is -0.0597. The first-order chi connectivity index (χ1) is 5.49. The Labute approximate surface area is 75.1 Å². The van der Waals surface area contributed by atoms with Crippen molar-refractivity contribution in [3.8, 4) is 0 Å². The molecule has 0 radical (unpaired) electrons. The first-order valence-electron chi connectivity index (χ1n) is 4.37. The molecule has 0 aromatic carbocycles. The van der Waals surface area contributed by atoms with Crippen LogP contribution in [0.1, 0.15) is 20.8 Å². The van der Waals surface area contributed by atoms with E-state index in [0.717, 1.165) is 25.1 Å². The minimum absolute atomic E-state index is 0.0597. The quantitative estimate of drug-likeness (QED) is 0.464. The van der Waals surface area contributed by atoms with E-state index in [1.807, 2.05) is 6.92 Å². The second-order valence-corrected chi connectivity index (χ2v) is 4.38. The van der Waals surface area contributed by atoms with Crippen molar-refractivity contribution in [3.63, 3.8) is 0 Å². The highest BCUT2D eigenvalue weighted by molar-refractivity contribution is 6.45. The molecular formula is C9H17BO2. The third-order valence-corrected chi connectivity index (χ3v) is 1.84. The molecule has 0 atom stereocenters. The molecule has 12 heavy (non-hydrogen) atoms. The maximum Gasteiger partial charge on any atom is 0.461 e. The number of allylic oxidation sites excluding steroid dienone is 1. The summed E-state index contributed by atoms with van der Waals surface area (Å²) in [4.78, 5) is 0. The van der Waals surface area contributed by atoms with Crippen LogP contribution in [0.2, 0.25) is 6.32 Å². The molecule has 0 aromatic rings. The molecule has 0 N–H and O–H groups in total. The van der Waals surface area contributed by atoms with Crippen molar-refractivity contribution in [3.05, 3.63) is 12.2 Å². The van der Waals surface area contributed by atoms with Crippen LogP contribution in [0, 0.1) is 5.41 Å². The van der Waals surface area contributed by atoms with Crippen molar-refractivity contribution < 1.29 is 9.31 Å². The van der Waals surface area contributed by atoms with Crippen molar-refractivity contribution >= 4 is 7.12 Å². The Bertz CT molecular complexity index is 167. The van der Waals surface area contributed by atoms with Gasteiger partial charge in [-0.25, -0.2) is 0 Å². The maximum absolute atomic E-state index is 5.52. The third-order valence-electron chi connectivity index (χ3n) is 1.84. The highest BCUT2D eigenvalue weighted by atomic mass is 16.6. The molecule has 0 bridgehead atoms. The fourth-order valence-electron chi connectivity index (χ4n) is 1.13. The van der Waals surface area contributed by atoms with Crippen LogP contribution < -0.4 is 0 Å². The standard InChI is InChI=1S/C9H17BO2/c1-8(2)5-10-11-6-9(3,4)7-12-10/h1,5-7H2,2-4H3. The van der Waals surface area contributed by atoms with Gasteiger partial charge < -0.3 is 9.31 Å². The van der Waals surface area contributed by atoms with E-state index in [4.69, 9.17) is 9.31 Å². The molecule has 0 unspecified atom stereocenters. The van der Waals surface area contributed by atoms with Gasteiger partial charge in [-0.3, -0.25) is 0 Å². The first-order valence-corrected chi connectivity index (χ1v) is 4.37. The molecule has 1 saturated heterocycles. The van der Waals surface area contributed by atoms with Gasteiger partial charge in [-0.15, -0.1) is 6.58 Å². The fourth-order valence-corrected chi connectivity index (χ4v) is 1.13. The van der Waals surface area contributed by atoms with Crippen LogP contribution >= 0.6 is 0 Å². The number of hydrogen-bond acceptors (Lipinski definition) is 2. The highest BCUT2D eigenvalue weighted by Gasteiger charge is 2.31. The predicted molar refractivity (Wildman–Crippen MR) is 51.1 cm³/mol. The molecule has 1 aliphatic rings. The van der Waals surface area contributed by atoms with Gasteiger partial charge in [-0.2, -0.15) is 0 Å². The van der Waals surface area contributed by atoms with Crippen molar-refractivity contribution in [1.29, 1.82) is 0 Å². The lowest BCUT2D eigenvalue weighted by atomic mass is 9.78. The van der Waals surface area contributed by atoms with Gasteiger partial charge in [0.1, 0.15) is 0 Å². The van der Waals surface area contributed by atoms with E-state index < -0.39 is 0 Å². The van der Waals surface area contributed by atoms with Crippen molar-refractivity contribution in [1.82, 2.24) is 0 Å². The summed E-state index contributed by atoms with van der Waals surface area (Å²) in [5.74, 6) is 0. The molecule has 0 saturated carbocycles. The zero-order chi connectivity index (χ0) is 9.19. The van der Waals surface area contributed by atoms with Crippen LogP contribution in [0.25, 0.3) is 0 Å². The van der Waals surface area contributed by atoms with Crippen LogP contribution in [0.3, 0.4) is 0 Å². The molecule has 1 aliphatic heterocycles. The summed E-state index contributed by atoms with van der Waals surface area (Å²) in [6.07, 6.45) is 0.816. The Morgan fingerprint density at radius 3 is 2.33 bits per heavy atom. The lowest BCUT2D eigenvalue weighted by Gasteiger charge is -2.33.